The molecule has 2 aromatic carbocycles. The minimum Gasteiger partial charge on any atom is -0.508 e. The lowest BCUT2D eigenvalue weighted by Crippen LogP contribution is -2.15. The van der Waals surface area contributed by atoms with Crippen molar-refractivity contribution in [3.63, 3.8) is 0 Å². The molecule has 2 rings (SSSR count). The van der Waals surface area contributed by atoms with Gasteiger partial charge >= 0.3 is 0 Å². The number of nitrogen functional groups attached to an aromatic ring is 1. The van der Waals surface area contributed by atoms with E-state index in [2.05, 4.69) is 5.32 Å². The molecule has 0 bridgehead atoms. The van der Waals surface area contributed by atoms with Gasteiger partial charge in [0.15, 0.2) is 0 Å². The monoisotopic (exact) mass is 260 g/mol. The molecule has 0 radical (unpaired) electrons. The van der Waals surface area contributed by atoms with Gasteiger partial charge in [-0.15, -0.1) is 0 Å². The molecule has 4 nitrogen and oxygen atoms in total. The highest BCUT2D eigenvalue weighted by molar-refractivity contribution is 5.95. The molecular formula is C14H13FN2O2. The Balaban J connectivity index is 2.10. The number of aromatic hydroxyl groups is 1. The Labute approximate surface area is 109 Å². The van der Waals surface area contributed by atoms with Gasteiger partial charge in [-0.2, -0.15) is 0 Å². The minimum atomic E-state index is -0.480. The fourth-order valence-corrected chi connectivity index (χ4v) is 1.66. The third-order valence-electron chi connectivity index (χ3n) is 2.63. The zero-order chi connectivity index (χ0) is 13.8. The van der Waals surface area contributed by atoms with E-state index in [1.807, 2.05) is 0 Å². The number of amides is 1. The highest BCUT2D eigenvalue weighted by Gasteiger charge is 2.09. The van der Waals surface area contributed by atoms with Crippen molar-refractivity contribution < 1.29 is 14.3 Å². The number of para-hydroxylation sites is 1. The van der Waals surface area contributed by atoms with Crippen LogP contribution in [0.1, 0.15) is 5.56 Å². The Morgan fingerprint density at radius 1 is 1.26 bits per heavy atom. The summed E-state index contributed by atoms with van der Waals surface area (Å²) in [5, 5.41) is 12.1. The maximum atomic E-state index is 13.0. The molecule has 19 heavy (non-hydrogen) atoms. The average Bonchev–Trinajstić information content (AvgIpc) is 2.37. The van der Waals surface area contributed by atoms with Crippen LogP contribution in [-0.4, -0.2) is 11.0 Å². The van der Waals surface area contributed by atoms with Crippen LogP contribution in [0.2, 0.25) is 0 Å². The van der Waals surface area contributed by atoms with Gasteiger partial charge in [0.1, 0.15) is 11.6 Å². The molecule has 0 aliphatic rings. The van der Waals surface area contributed by atoms with E-state index < -0.39 is 5.82 Å². The summed E-state index contributed by atoms with van der Waals surface area (Å²) in [4.78, 5) is 11.8. The Morgan fingerprint density at radius 3 is 2.74 bits per heavy atom. The third kappa shape index (κ3) is 3.22. The van der Waals surface area contributed by atoms with Crippen molar-refractivity contribution >= 4 is 17.3 Å². The van der Waals surface area contributed by atoms with Crippen LogP contribution in [0.5, 0.6) is 5.75 Å². The van der Waals surface area contributed by atoms with Crippen LogP contribution >= 0.6 is 0 Å². The number of nitrogens with two attached hydrogens (primary N) is 1. The lowest BCUT2D eigenvalue weighted by Gasteiger charge is -2.09. The third-order valence-corrected chi connectivity index (χ3v) is 2.63. The zero-order valence-electron chi connectivity index (χ0n) is 10.1. The summed E-state index contributed by atoms with van der Waals surface area (Å²) in [6.45, 7) is 0. The van der Waals surface area contributed by atoms with Gasteiger partial charge in [0.25, 0.3) is 0 Å². The first-order valence-corrected chi connectivity index (χ1v) is 5.68. The van der Waals surface area contributed by atoms with Gasteiger partial charge in [-0.1, -0.05) is 18.2 Å². The highest BCUT2D eigenvalue weighted by Crippen LogP contribution is 2.21. The summed E-state index contributed by atoms with van der Waals surface area (Å²) in [7, 11) is 0. The van der Waals surface area contributed by atoms with E-state index in [0.717, 1.165) is 6.07 Å². The Morgan fingerprint density at radius 2 is 2.00 bits per heavy atom. The number of phenolic OH excluding ortho intramolecular Hbond substituents is 1. The molecule has 4 N–H and O–H groups in total. The highest BCUT2D eigenvalue weighted by atomic mass is 19.1. The average molecular weight is 260 g/mol. The van der Waals surface area contributed by atoms with Gasteiger partial charge in [0.05, 0.1) is 17.8 Å². The Bertz CT molecular complexity index is 614. The number of rotatable bonds is 3. The van der Waals surface area contributed by atoms with Gasteiger partial charge in [-0.25, -0.2) is 4.39 Å². The topological polar surface area (TPSA) is 75.3 Å². The number of hydrogen-bond acceptors (Lipinski definition) is 3. The van der Waals surface area contributed by atoms with Crippen LogP contribution < -0.4 is 11.1 Å². The number of carbonyl (C=O) groups is 1. The van der Waals surface area contributed by atoms with Crippen molar-refractivity contribution in [1.82, 2.24) is 0 Å². The van der Waals surface area contributed by atoms with E-state index in [1.165, 1.54) is 18.2 Å². The second-order valence-electron chi connectivity index (χ2n) is 4.09. The molecule has 0 aliphatic carbocycles. The smallest absolute Gasteiger partial charge is 0.228 e. The predicted octanol–water partition coefficient (Wildman–Crippen LogP) is 2.29. The van der Waals surface area contributed by atoms with Crippen molar-refractivity contribution in [2.45, 2.75) is 6.42 Å². The molecule has 0 heterocycles. The number of halogens is 1. The summed E-state index contributed by atoms with van der Waals surface area (Å²) < 4.78 is 13.0. The molecule has 2 aromatic rings. The first-order chi connectivity index (χ1) is 9.06. The second-order valence-corrected chi connectivity index (χ2v) is 4.09. The standard InChI is InChI=1S/C14H13FN2O2/c15-10-5-6-11(16)12(8-10)17-14(19)7-9-3-1-2-4-13(9)18/h1-6,8,18H,7,16H2,(H,17,19). The summed E-state index contributed by atoms with van der Waals surface area (Å²) in [6, 6.07) is 10.3. The van der Waals surface area contributed by atoms with Crippen LogP contribution in [-0.2, 0) is 11.2 Å². The summed E-state index contributed by atoms with van der Waals surface area (Å²) >= 11 is 0. The van der Waals surface area contributed by atoms with Gasteiger partial charge in [-0.3, -0.25) is 4.79 Å². The molecule has 0 aliphatic heterocycles. The molecule has 1 amide bonds. The molecule has 0 fully saturated rings. The van der Waals surface area contributed by atoms with Gasteiger partial charge < -0.3 is 16.2 Å². The van der Waals surface area contributed by atoms with Crippen molar-refractivity contribution in [1.29, 1.82) is 0 Å². The lowest BCUT2D eigenvalue weighted by atomic mass is 10.1. The molecule has 0 saturated carbocycles. The molecule has 98 valence electrons. The summed E-state index contributed by atoms with van der Waals surface area (Å²) in [6.07, 6.45) is -0.0113. The molecule has 5 heteroatoms. The summed E-state index contributed by atoms with van der Waals surface area (Å²) in [5.41, 5.74) is 6.63. The van der Waals surface area contributed by atoms with E-state index in [4.69, 9.17) is 5.73 Å². The van der Waals surface area contributed by atoms with Crippen molar-refractivity contribution in [3.8, 4) is 5.75 Å². The van der Waals surface area contributed by atoms with E-state index in [1.54, 1.807) is 18.2 Å². The van der Waals surface area contributed by atoms with Crippen LogP contribution in [0.25, 0.3) is 0 Å². The van der Waals surface area contributed by atoms with Gasteiger partial charge in [0.2, 0.25) is 5.91 Å². The molecule has 0 aromatic heterocycles. The number of anilines is 2. The minimum absolute atomic E-state index is 0.0113. The van der Waals surface area contributed by atoms with Gasteiger partial charge in [-0.05, 0) is 24.3 Å². The van der Waals surface area contributed by atoms with E-state index in [9.17, 15) is 14.3 Å². The zero-order valence-corrected chi connectivity index (χ0v) is 10.1. The van der Waals surface area contributed by atoms with Crippen LogP contribution in [0.15, 0.2) is 42.5 Å². The quantitative estimate of drug-likeness (QED) is 0.741. The number of benzene rings is 2. The van der Waals surface area contributed by atoms with Crippen LogP contribution in [0, 0.1) is 5.82 Å². The van der Waals surface area contributed by atoms with E-state index >= 15 is 0 Å². The van der Waals surface area contributed by atoms with Crippen LogP contribution in [0.3, 0.4) is 0 Å². The number of nitrogens with one attached hydrogen (secondary N) is 1. The predicted molar refractivity (Wildman–Crippen MR) is 71.3 cm³/mol. The molecule has 0 unspecified atom stereocenters. The molecular weight excluding hydrogens is 247 g/mol. The lowest BCUT2D eigenvalue weighted by molar-refractivity contribution is -0.115. The molecule has 0 spiro atoms. The van der Waals surface area contributed by atoms with Gasteiger partial charge in [0, 0.05) is 5.56 Å². The fourth-order valence-electron chi connectivity index (χ4n) is 1.66. The van der Waals surface area contributed by atoms with Crippen molar-refractivity contribution in [2.24, 2.45) is 0 Å². The Kier molecular flexibility index (Phi) is 3.66. The van der Waals surface area contributed by atoms with Crippen molar-refractivity contribution in [2.75, 3.05) is 11.1 Å². The van der Waals surface area contributed by atoms with E-state index in [0.29, 0.717) is 5.56 Å². The normalized spacial score (nSPS) is 10.2. The second kappa shape index (κ2) is 5.39. The number of phenols is 1. The van der Waals surface area contributed by atoms with Crippen molar-refractivity contribution in [3.05, 3.63) is 53.8 Å². The maximum absolute atomic E-state index is 13.0. The molecule has 0 atom stereocenters. The molecule has 0 saturated heterocycles. The summed E-state index contributed by atoms with van der Waals surface area (Å²) in [5.74, 6) is -0.810. The SMILES string of the molecule is Nc1ccc(F)cc1NC(=O)Cc1ccccc1O. The first kappa shape index (κ1) is 12.9. The fraction of sp³-hybridized carbons (Fsp3) is 0.0714. The van der Waals surface area contributed by atoms with Crippen LogP contribution in [0.4, 0.5) is 15.8 Å². The Hall–Kier alpha value is -2.56. The number of carbonyl (C=O) groups excluding carboxylic acids is 1. The maximum Gasteiger partial charge on any atom is 0.228 e. The van der Waals surface area contributed by atoms with E-state index in [-0.39, 0.29) is 29.5 Å². The largest absolute Gasteiger partial charge is 0.508 e. The number of hydrogen-bond donors (Lipinski definition) is 3. The first-order valence-electron chi connectivity index (χ1n) is 5.68.